The van der Waals surface area contributed by atoms with Gasteiger partial charge in [-0.25, -0.2) is 4.39 Å². The van der Waals surface area contributed by atoms with Crippen molar-refractivity contribution in [2.75, 3.05) is 18.4 Å². The standard InChI is InChI=1S/C15H21FN2O2/c1-10-3-4-12(9-14(10)16)17-15(20)11(2)18-7-5-13(19)6-8-18/h3-4,9,11,13,19H,5-8H2,1-2H3,(H,17,20). The van der Waals surface area contributed by atoms with Gasteiger partial charge in [-0.1, -0.05) is 6.07 Å². The Morgan fingerprint density at radius 3 is 2.70 bits per heavy atom. The summed E-state index contributed by atoms with van der Waals surface area (Å²) < 4.78 is 13.4. The van der Waals surface area contributed by atoms with E-state index in [1.54, 1.807) is 19.1 Å². The molecule has 0 saturated carbocycles. The zero-order valence-electron chi connectivity index (χ0n) is 11.9. The molecule has 0 spiro atoms. The molecule has 20 heavy (non-hydrogen) atoms. The van der Waals surface area contributed by atoms with Crippen molar-refractivity contribution < 1.29 is 14.3 Å². The Bertz CT molecular complexity index is 485. The summed E-state index contributed by atoms with van der Waals surface area (Å²) >= 11 is 0. The molecule has 1 atom stereocenters. The van der Waals surface area contributed by atoms with E-state index in [1.807, 2.05) is 11.8 Å². The molecule has 5 heteroatoms. The van der Waals surface area contributed by atoms with Crippen molar-refractivity contribution in [3.05, 3.63) is 29.6 Å². The predicted octanol–water partition coefficient (Wildman–Crippen LogP) is 1.92. The molecule has 1 heterocycles. The number of amides is 1. The molecule has 1 fully saturated rings. The number of aliphatic hydroxyl groups excluding tert-OH is 1. The molecular formula is C15H21FN2O2. The van der Waals surface area contributed by atoms with E-state index >= 15 is 0 Å². The first-order chi connectivity index (χ1) is 9.47. The van der Waals surface area contributed by atoms with Crippen LogP contribution in [0.3, 0.4) is 0 Å². The van der Waals surface area contributed by atoms with Crippen LogP contribution < -0.4 is 5.32 Å². The van der Waals surface area contributed by atoms with E-state index in [0.717, 1.165) is 0 Å². The molecule has 4 nitrogen and oxygen atoms in total. The predicted molar refractivity (Wildman–Crippen MR) is 76.0 cm³/mol. The number of aryl methyl sites for hydroxylation is 1. The van der Waals surface area contributed by atoms with E-state index in [2.05, 4.69) is 5.32 Å². The van der Waals surface area contributed by atoms with Crippen molar-refractivity contribution in [2.45, 2.75) is 38.8 Å². The van der Waals surface area contributed by atoms with Gasteiger partial charge in [-0.2, -0.15) is 0 Å². The Kier molecular flexibility index (Phi) is 4.73. The van der Waals surface area contributed by atoms with E-state index in [1.165, 1.54) is 6.07 Å². The average Bonchev–Trinajstić information content (AvgIpc) is 2.43. The van der Waals surface area contributed by atoms with Crippen molar-refractivity contribution in [2.24, 2.45) is 0 Å². The first kappa shape index (κ1) is 14.9. The largest absolute Gasteiger partial charge is 0.393 e. The smallest absolute Gasteiger partial charge is 0.241 e. The molecule has 1 aromatic carbocycles. The number of hydrogen-bond donors (Lipinski definition) is 2. The van der Waals surface area contributed by atoms with Crippen LogP contribution in [0.5, 0.6) is 0 Å². The van der Waals surface area contributed by atoms with Crippen molar-refractivity contribution in [3.8, 4) is 0 Å². The quantitative estimate of drug-likeness (QED) is 0.889. The Morgan fingerprint density at radius 2 is 2.10 bits per heavy atom. The van der Waals surface area contributed by atoms with Gasteiger partial charge in [0.15, 0.2) is 0 Å². The van der Waals surface area contributed by atoms with Crippen LogP contribution in [-0.2, 0) is 4.79 Å². The molecule has 1 aromatic rings. The minimum atomic E-state index is -0.323. The lowest BCUT2D eigenvalue weighted by molar-refractivity contribution is -0.121. The third kappa shape index (κ3) is 3.55. The summed E-state index contributed by atoms with van der Waals surface area (Å²) in [5.41, 5.74) is 1.03. The van der Waals surface area contributed by atoms with Crippen LogP contribution in [0.15, 0.2) is 18.2 Å². The summed E-state index contributed by atoms with van der Waals surface area (Å²) in [6.07, 6.45) is 1.13. The number of benzene rings is 1. The highest BCUT2D eigenvalue weighted by atomic mass is 19.1. The molecule has 1 aliphatic heterocycles. The number of hydrogen-bond acceptors (Lipinski definition) is 3. The lowest BCUT2D eigenvalue weighted by atomic mass is 10.1. The zero-order chi connectivity index (χ0) is 14.7. The summed E-state index contributed by atoms with van der Waals surface area (Å²) in [4.78, 5) is 14.2. The van der Waals surface area contributed by atoms with E-state index < -0.39 is 0 Å². The number of rotatable bonds is 3. The number of anilines is 1. The molecule has 1 saturated heterocycles. The number of aliphatic hydroxyl groups is 1. The number of nitrogens with zero attached hydrogens (tertiary/aromatic N) is 1. The number of halogens is 1. The summed E-state index contributed by atoms with van der Waals surface area (Å²) in [5.74, 6) is -0.471. The Hall–Kier alpha value is -1.46. The van der Waals surface area contributed by atoms with Crippen LogP contribution in [0, 0.1) is 12.7 Å². The second kappa shape index (κ2) is 6.33. The third-order valence-electron chi connectivity index (χ3n) is 3.87. The van der Waals surface area contributed by atoms with Crippen LogP contribution >= 0.6 is 0 Å². The molecule has 0 radical (unpaired) electrons. The van der Waals surface area contributed by atoms with Gasteiger partial charge < -0.3 is 10.4 Å². The van der Waals surface area contributed by atoms with Crippen LogP contribution in [0.4, 0.5) is 10.1 Å². The van der Waals surface area contributed by atoms with E-state index in [4.69, 9.17) is 0 Å². The van der Waals surface area contributed by atoms with Crippen molar-refractivity contribution >= 4 is 11.6 Å². The lowest BCUT2D eigenvalue weighted by Crippen LogP contribution is -2.47. The summed E-state index contributed by atoms with van der Waals surface area (Å²) in [5, 5.41) is 12.2. The van der Waals surface area contributed by atoms with Crippen LogP contribution in [-0.4, -0.2) is 41.1 Å². The molecule has 1 amide bonds. The fraction of sp³-hybridized carbons (Fsp3) is 0.533. The highest BCUT2D eigenvalue weighted by Crippen LogP contribution is 2.16. The second-order valence-corrected chi connectivity index (χ2v) is 5.40. The maximum atomic E-state index is 13.4. The highest BCUT2D eigenvalue weighted by molar-refractivity contribution is 5.94. The van der Waals surface area contributed by atoms with E-state index in [0.29, 0.717) is 37.2 Å². The first-order valence-electron chi connectivity index (χ1n) is 6.96. The van der Waals surface area contributed by atoms with Gasteiger partial charge >= 0.3 is 0 Å². The normalized spacial score (nSPS) is 18.8. The third-order valence-corrected chi connectivity index (χ3v) is 3.87. The van der Waals surface area contributed by atoms with Gasteiger partial charge in [-0.05, 0) is 44.4 Å². The molecule has 2 N–H and O–H groups in total. The van der Waals surface area contributed by atoms with Gasteiger partial charge in [-0.15, -0.1) is 0 Å². The summed E-state index contributed by atoms with van der Waals surface area (Å²) in [6.45, 7) is 4.93. The second-order valence-electron chi connectivity index (χ2n) is 5.40. The van der Waals surface area contributed by atoms with Gasteiger partial charge in [-0.3, -0.25) is 9.69 Å². The average molecular weight is 280 g/mol. The summed E-state index contributed by atoms with van der Waals surface area (Å²) in [7, 11) is 0. The highest BCUT2D eigenvalue weighted by Gasteiger charge is 2.25. The number of piperidine rings is 1. The zero-order valence-corrected chi connectivity index (χ0v) is 11.9. The molecule has 0 aliphatic carbocycles. The maximum absolute atomic E-state index is 13.4. The number of nitrogens with one attached hydrogen (secondary N) is 1. The molecule has 2 rings (SSSR count). The molecule has 110 valence electrons. The number of carbonyl (C=O) groups is 1. The summed E-state index contributed by atoms with van der Waals surface area (Å²) in [6, 6.07) is 4.39. The minimum absolute atomic E-state index is 0.148. The first-order valence-corrected chi connectivity index (χ1v) is 6.96. The number of likely N-dealkylation sites (tertiary alicyclic amines) is 1. The molecular weight excluding hydrogens is 259 g/mol. The minimum Gasteiger partial charge on any atom is -0.393 e. The van der Waals surface area contributed by atoms with Gasteiger partial charge in [0, 0.05) is 18.8 Å². The SMILES string of the molecule is Cc1ccc(NC(=O)C(C)N2CCC(O)CC2)cc1F. The fourth-order valence-corrected chi connectivity index (χ4v) is 2.36. The monoisotopic (exact) mass is 280 g/mol. The molecule has 0 aromatic heterocycles. The van der Waals surface area contributed by atoms with Crippen molar-refractivity contribution in [3.63, 3.8) is 0 Å². The Morgan fingerprint density at radius 1 is 1.45 bits per heavy atom. The van der Waals surface area contributed by atoms with Crippen LogP contribution in [0.1, 0.15) is 25.3 Å². The van der Waals surface area contributed by atoms with Gasteiger partial charge in [0.25, 0.3) is 0 Å². The fourth-order valence-electron chi connectivity index (χ4n) is 2.36. The molecule has 0 bridgehead atoms. The van der Waals surface area contributed by atoms with Crippen molar-refractivity contribution in [1.29, 1.82) is 0 Å². The lowest BCUT2D eigenvalue weighted by Gasteiger charge is -2.33. The van der Waals surface area contributed by atoms with Gasteiger partial charge in [0.2, 0.25) is 5.91 Å². The van der Waals surface area contributed by atoms with E-state index in [9.17, 15) is 14.3 Å². The van der Waals surface area contributed by atoms with Crippen LogP contribution in [0.25, 0.3) is 0 Å². The number of carbonyl (C=O) groups excluding carboxylic acids is 1. The molecule has 1 unspecified atom stereocenters. The molecule has 1 aliphatic rings. The van der Waals surface area contributed by atoms with Crippen LogP contribution in [0.2, 0.25) is 0 Å². The topological polar surface area (TPSA) is 52.6 Å². The Labute approximate surface area is 118 Å². The Balaban J connectivity index is 1.95. The van der Waals surface area contributed by atoms with E-state index in [-0.39, 0.29) is 23.9 Å². The maximum Gasteiger partial charge on any atom is 0.241 e. The van der Waals surface area contributed by atoms with Gasteiger partial charge in [0.05, 0.1) is 12.1 Å². The van der Waals surface area contributed by atoms with Crippen molar-refractivity contribution in [1.82, 2.24) is 4.90 Å². The van der Waals surface area contributed by atoms with Gasteiger partial charge in [0.1, 0.15) is 5.82 Å².